The summed E-state index contributed by atoms with van der Waals surface area (Å²) in [4.78, 5) is 2.47. The van der Waals surface area contributed by atoms with Crippen molar-refractivity contribution in [2.45, 2.75) is 42.4 Å². The molecule has 2 atom stereocenters. The molecular formula is C20H25F3N4S. The molecule has 0 bridgehead atoms. The molecular weight excluding hydrogens is 385 g/mol. The van der Waals surface area contributed by atoms with Gasteiger partial charge in [-0.05, 0) is 55.7 Å². The van der Waals surface area contributed by atoms with Crippen molar-refractivity contribution in [2.75, 3.05) is 25.9 Å². The van der Waals surface area contributed by atoms with Crippen molar-refractivity contribution in [3.05, 3.63) is 41.2 Å². The van der Waals surface area contributed by atoms with Crippen molar-refractivity contribution in [3.63, 3.8) is 0 Å². The first-order chi connectivity index (χ1) is 13.3. The lowest BCUT2D eigenvalue weighted by Gasteiger charge is -2.21. The zero-order valence-electron chi connectivity index (χ0n) is 16.2. The van der Waals surface area contributed by atoms with Crippen LogP contribution in [0.5, 0.6) is 0 Å². The molecule has 0 amide bonds. The third-order valence-corrected chi connectivity index (χ3v) is 6.96. The van der Waals surface area contributed by atoms with Crippen LogP contribution in [0.3, 0.4) is 0 Å². The second-order valence-electron chi connectivity index (χ2n) is 7.99. The highest BCUT2D eigenvalue weighted by Crippen LogP contribution is 2.59. The lowest BCUT2D eigenvalue weighted by Crippen LogP contribution is -2.27. The molecule has 0 spiro atoms. The minimum atomic E-state index is -4.26. The van der Waals surface area contributed by atoms with Gasteiger partial charge in [0.05, 0.1) is 5.56 Å². The zero-order valence-corrected chi connectivity index (χ0v) is 17.0. The number of fused-ring (bicyclic) bond motifs is 1. The van der Waals surface area contributed by atoms with Crippen molar-refractivity contribution in [1.82, 2.24) is 19.7 Å². The summed E-state index contributed by atoms with van der Waals surface area (Å²) in [7, 11) is 2.00. The number of nitrogens with zero attached hydrogens (tertiary/aromatic N) is 4. The van der Waals surface area contributed by atoms with E-state index in [1.165, 1.54) is 12.1 Å². The number of thioether (sulfide) groups is 1. The van der Waals surface area contributed by atoms with E-state index < -0.39 is 11.7 Å². The molecule has 8 heteroatoms. The highest BCUT2D eigenvalue weighted by Gasteiger charge is 2.60. The van der Waals surface area contributed by atoms with Crippen molar-refractivity contribution >= 4 is 11.8 Å². The van der Waals surface area contributed by atoms with Gasteiger partial charge in [0.25, 0.3) is 0 Å². The topological polar surface area (TPSA) is 34.0 Å². The van der Waals surface area contributed by atoms with E-state index in [1.54, 1.807) is 23.9 Å². The molecule has 0 unspecified atom stereocenters. The van der Waals surface area contributed by atoms with Crippen molar-refractivity contribution in [2.24, 2.45) is 13.0 Å². The van der Waals surface area contributed by atoms with Gasteiger partial charge >= 0.3 is 6.18 Å². The van der Waals surface area contributed by atoms with Gasteiger partial charge in [-0.15, -0.1) is 10.2 Å². The van der Waals surface area contributed by atoms with Crippen molar-refractivity contribution in [3.8, 4) is 0 Å². The standard InChI is InChI=1S/C20H25F3N4S/c1-26-17(24-25-18(26)28-2)5-3-4-10-27-12-16-11-19(16,13-27)14-6-8-15(9-7-14)20(21,22)23/h6-9,16H,3-5,10-13H2,1-2H3/t16-,19+/m0/s1. The number of piperidine rings is 1. The number of hydrogen-bond acceptors (Lipinski definition) is 4. The first-order valence-electron chi connectivity index (χ1n) is 9.66. The van der Waals surface area contributed by atoms with Crippen LogP contribution in [-0.2, 0) is 25.1 Å². The molecule has 28 heavy (non-hydrogen) atoms. The summed E-state index contributed by atoms with van der Waals surface area (Å²) in [6, 6.07) is 5.82. The molecule has 2 aliphatic rings. The number of hydrogen-bond donors (Lipinski definition) is 0. The maximum absolute atomic E-state index is 12.8. The largest absolute Gasteiger partial charge is 0.416 e. The van der Waals surface area contributed by atoms with Gasteiger partial charge in [-0.25, -0.2) is 0 Å². The van der Waals surface area contributed by atoms with E-state index in [9.17, 15) is 13.2 Å². The fourth-order valence-electron chi connectivity index (χ4n) is 4.55. The Morgan fingerprint density at radius 2 is 1.93 bits per heavy atom. The van der Waals surface area contributed by atoms with Gasteiger partial charge in [0.15, 0.2) is 5.16 Å². The Bertz CT molecular complexity index is 833. The highest BCUT2D eigenvalue weighted by molar-refractivity contribution is 7.98. The highest BCUT2D eigenvalue weighted by atomic mass is 32.2. The number of aryl methyl sites for hydroxylation is 1. The second-order valence-corrected chi connectivity index (χ2v) is 8.76. The van der Waals surface area contributed by atoms with Crippen LogP contribution < -0.4 is 0 Å². The summed E-state index contributed by atoms with van der Waals surface area (Å²) in [5.74, 6) is 1.61. The molecule has 1 aliphatic heterocycles. The third kappa shape index (κ3) is 3.68. The number of benzene rings is 1. The van der Waals surface area contributed by atoms with Gasteiger partial charge in [0, 0.05) is 32.0 Å². The zero-order chi connectivity index (χ0) is 19.9. The second kappa shape index (κ2) is 7.37. The van der Waals surface area contributed by atoms with Crippen LogP contribution in [0, 0.1) is 5.92 Å². The molecule has 1 aliphatic carbocycles. The van der Waals surface area contributed by atoms with E-state index in [2.05, 4.69) is 19.7 Å². The fraction of sp³-hybridized carbons (Fsp3) is 0.600. The van der Waals surface area contributed by atoms with E-state index in [-0.39, 0.29) is 5.41 Å². The maximum Gasteiger partial charge on any atom is 0.416 e. The smallest absolute Gasteiger partial charge is 0.309 e. The quantitative estimate of drug-likeness (QED) is 0.507. The minimum Gasteiger partial charge on any atom is -0.309 e. The fourth-order valence-corrected chi connectivity index (χ4v) is 5.06. The predicted molar refractivity (Wildman–Crippen MR) is 103 cm³/mol. The van der Waals surface area contributed by atoms with Gasteiger partial charge < -0.3 is 9.47 Å². The number of rotatable bonds is 7. The molecule has 2 aromatic rings. The van der Waals surface area contributed by atoms with Gasteiger partial charge in [-0.3, -0.25) is 0 Å². The molecule has 1 aromatic heterocycles. The van der Waals surface area contributed by atoms with E-state index in [4.69, 9.17) is 0 Å². The molecule has 4 rings (SSSR count). The number of likely N-dealkylation sites (tertiary alicyclic amines) is 1. The van der Waals surface area contributed by atoms with Crippen LogP contribution in [0.15, 0.2) is 29.4 Å². The number of halogens is 3. The molecule has 1 saturated heterocycles. The molecule has 2 heterocycles. The Balaban J connectivity index is 1.27. The first kappa shape index (κ1) is 19.8. The lowest BCUT2D eigenvalue weighted by molar-refractivity contribution is -0.137. The van der Waals surface area contributed by atoms with E-state index in [0.29, 0.717) is 5.92 Å². The monoisotopic (exact) mass is 410 g/mol. The molecule has 152 valence electrons. The Morgan fingerprint density at radius 1 is 1.18 bits per heavy atom. The van der Waals surface area contributed by atoms with E-state index in [0.717, 1.165) is 61.9 Å². The van der Waals surface area contributed by atoms with E-state index in [1.807, 2.05) is 13.3 Å². The maximum atomic E-state index is 12.8. The average Bonchev–Trinajstić information content (AvgIpc) is 3.05. The Labute approximate surface area is 167 Å². The van der Waals surface area contributed by atoms with Crippen LogP contribution in [0.1, 0.15) is 36.2 Å². The summed E-state index contributed by atoms with van der Waals surface area (Å²) in [5, 5.41) is 9.35. The van der Waals surface area contributed by atoms with Crippen molar-refractivity contribution < 1.29 is 13.2 Å². The summed E-state index contributed by atoms with van der Waals surface area (Å²) >= 11 is 1.60. The van der Waals surface area contributed by atoms with Gasteiger partial charge in [0.1, 0.15) is 5.82 Å². The Morgan fingerprint density at radius 3 is 2.57 bits per heavy atom. The Kier molecular flexibility index (Phi) is 5.20. The number of unbranched alkanes of at least 4 members (excludes halogenated alkanes) is 1. The van der Waals surface area contributed by atoms with Gasteiger partial charge in [0.2, 0.25) is 0 Å². The van der Waals surface area contributed by atoms with Crippen LogP contribution in [-0.4, -0.2) is 45.6 Å². The lowest BCUT2D eigenvalue weighted by atomic mass is 9.94. The molecule has 1 saturated carbocycles. The Hall–Kier alpha value is -1.54. The van der Waals surface area contributed by atoms with Crippen LogP contribution >= 0.6 is 11.8 Å². The molecule has 4 nitrogen and oxygen atoms in total. The van der Waals surface area contributed by atoms with Crippen LogP contribution in [0.25, 0.3) is 0 Å². The first-order valence-corrected chi connectivity index (χ1v) is 10.9. The van der Waals surface area contributed by atoms with Crippen molar-refractivity contribution in [1.29, 1.82) is 0 Å². The summed E-state index contributed by atoms with van der Waals surface area (Å²) in [6.45, 7) is 3.05. The molecule has 1 aromatic carbocycles. The SMILES string of the molecule is CSc1nnc(CCCCN2C[C@@H]3C[C@]3(c3ccc(C(F)(F)F)cc3)C2)n1C. The molecule has 0 N–H and O–H groups in total. The predicted octanol–water partition coefficient (Wildman–Crippen LogP) is 4.15. The third-order valence-electron chi connectivity index (χ3n) is 6.24. The summed E-state index contributed by atoms with van der Waals surface area (Å²) in [5.41, 5.74) is 0.589. The minimum absolute atomic E-state index is 0.0843. The number of alkyl halides is 3. The number of aromatic nitrogens is 3. The van der Waals surface area contributed by atoms with Gasteiger partial charge in [-0.2, -0.15) is 13.2 Å². The van der Waals surface area contributed by atoms with Gasteiger partial charge in [-0.1, -0.05) is 23.9 Å². The summed E-state index contributed by atoms with van der Waals surface area (Å²) < 4.78 is 40.4. The normalized spacial score (nSPS) is 24.5. The van der Waals surface area contributed by atoms with Crippen LogP contribution in [0.2, 0.25) is 0 Å². The van der Waals surface area contributed by atoms with Crippen LogP contribution in [0.4, 0.5) is 13.2 Å². The average molecular weight is 411 g/mol. The molecule has 0 radical (unpaired) electrons. The molecule has 2 fully saturated rings. The summed E-state index contributed by atoms with van der Waals surface area (Å²) in [6.07, 6.45) is 1.92. The van der Waals surface area contributed by atoms with E-state index >= 15 is 0 Å².